The zero-order valence-corrected chi connectivity index (χ0v) is 29.5. The van der Waals surface area contributed by atoms with E-state index in [1.54, 1.807) is 55.4 Å². The molecule has 10 nitrogen and oxygen atoms in total. The molecule has 45 heavy (non-hydrogen) atoms. The summed E-state index contributed by atoms with van der Waals surface area (Å²) in [7, 11) is -4.46. The quantitative estimate of drug-likeness (QED) is 0.433. The first-order valence-electron chi connectivity index (χ1n) is 14.8. The lowest BCUT2D eigenvalue weighted by Crippen LogP contribution is -2.59. The normalized spacial score (nSPS) is 16.3. The van der Waals surface area contributed by atoms with Gasteiger partial charge < -0.3 is 10.2 Å². The summed E-state index contributed by atoms with van der Waals surface area (Å²) in [5.41, 5.74) is -4.14. The van der Waals surface area contributed by atoms with Crippen LogP contribution >= 0.6 is 0 Å². The molecule has 2 aliphatic rings. The molecule has 244 valence electrons. The number of amides is 4. The van der Waals surface area contributed by atoms with Crippen molar-refractivity contribution in [2.45, 2.75) is 129 Å². The lowest BCUT2D eigenvalue weighted by atomic mass is 9.84. The molecule has 2 aromatic carbocycles. The summed E-state index contributed by atoms with van der Waals surface area (Å²) in [4.78, 5) is 57.0. The number of benzene rings is 2. The first kappa shape index (κ1) is 34.5. The molecule has 4 amide bonds. The molecule has 0 radical (unpaired) electrons. The summed E-state index contributed by atoms with van der Waals surface area (Å²) in [6.45, 7) is 21.6. The number of hydrogen-bond donors (Lipinski definition) is 2. The number of carbonyl (C=O) groups excluding carboxylic acids is 4. The van der Waals surface area contributed by atoms with Gasteiger partial charge in [-0.05, 0) is 130 Å². The van der Waals surface area contributed by atoms with E-state index in [1.807, 2.05) is 0 Å². The van der Waals surface area contributed by atoms with Gasteiger partial charge in [0.15, 0.2) is 0 Å². The molecule has 0 aliphatic carbocycles. The van der Waals surface area contributed by atoms with E-state index in [0.29, 0.717) is 11.1 Å². The average molecular weight is 641 g/mol. The number of carbonyl (C=O) groups is 4. The molecule has 0 saturated heterocycles. The summed E-state index contributed by atoms with van der Waals surface area (Å²) in [5, 5.41) is 21.7. The van der Waals surface area contributed by atoms with Gasteiger partial charge in [0.2, 0.25) is 9.84 Å². The maximum absolute atomic E-state index is 14.8. The lowest BCUT2D eigenvalue weighted by Gasteiger charge is -2.43. The van der Waals surface area contributed by atoms with Crippen LogP contribution in [0.4, 0.5) is 0 Å². The van der Waals surface area contributed by atoms with Crippen molar-refractivity contribution in [2.24, 2.45) is 0 Å². The summed E-state index contributed by atoms with van der Waals surface area (Å²) in [5.74, 6) is -2.64. The van der Waals surface area contributed by atoms with Crippen molar-refractivity contribution in [3.05, 3.63) is 55.6 Å². The largest absolute Gasteiger partial charge is 0.388 e. The van der Waals surface area contributed by atoms with E-state index in [2.05, 4.69) is 0 Å². The molecular weight excluding hydrogens is 596 g/mol. The first-order valence-corrected chi connectivity index (χ1v) is 16.3. The van der Waals surface area contributed by atoms with E-state index in [4.69, 9.17) is 0 Å². The number of imide groups is 2. The van der Waals surface area contributed by atoms with Crippen LogP contribution in [-0.2, 0) is 9.84 Å². The zero-order chi connectivity index (χ0) is 34.9. The van der Waals surface area contributed by atoms with Crippen molar-refractivity contribution < 1.29 is 37.8 Å². The van der Waals surface area contributed by atoms with Crippen LogP contribution < -0.4 is 0 Å². The molecule has 4 rings (SSSR count). The molecule has 2 heterocycles. The fourth-order valence-electron chi connectivity index (χ4n) is 6.43. The fourth-order valence-corrected chi connectivity index (χ4v) is 8.75. The van der Waals surface area contributed by atoms with Gasteiger partial charge in [-0.25, -0.2) is 8.42 Å². The smallest absolute Gasteiger partial charge is 0.262 e. The Morgan fingerprint density at radius 1 is 0.444 bits per heavy atom. The van der Waals surface area contributed by atoms with Crippen LogP contribution in [0.2, 0.25) is 0 Å². The monoisotopic (exact) mass is 640 g/mol. The van der Waals surface area contributed by atoms with E-state index in [1.165, 1.54) is 41.5 Å². The van der Waals surface area contributed by atoms with Gasteiger partial charge in [-0.15, -0.1) is 0 Å². The molecule has 0 spiro atoms. The minimum absolute atomic E-state index is 0.0449. The molecule has 2 aromatic rings. The topological polar surface area (TPSA) is 149 Å². The Hall–Kier alpha value is -3.41. The standard InChI is InChI=1S/C34H44N2O8S/c1-15-17(3)25(19(5)23-21(15)27(37)35(29(23)39)31(7,8)33(11,12)41)45(43,44)26-18(4)16(2)22-24(20(26)6)30(40)36(28(22)38)32(9,10)34(13,14)42/h41-42H,1-14H3. The van der Waals surface area contributed by atoms with Crippen molar-refractivity contribution in [3.63, 3.8) is 0 Å². The maximum atomic E-state index is 14.8. The third kappa shape index (κ3) is 4.30. The van der Waals surface area contributed by atoms with Crippen LogP contribution in [0.1, 0.15) is 130 Å². The molecule has 11 heteroatoms. The van der Waals surface area contributed by atoms with Gasteiger partial charge in [0, 0.05) is 0 Å². The Morgan fingerprint density at radius 3 is 0.889 bits per heavy atom. The SMILES string of the molecule is Cc1c(C)c(S(=O)(=O)c2c(C)c(C)c3c(c2C)C(=O)N(C(C)(C)C(C)(C)O)C3=O)c(C)c2c1C(=O)N(C(C)(C)C(C)(C)O)C2=O. The molecule has 2 N–H and O–H groups in total. The Morgan fingerprint density at radius 2 is 0.667 bits per heavy atom. The highest BCUT2D eigenvalue weighted by Crippen LogP contribution is 2.46. The van der Waals surface area contributed by atoms with Crippen LogP contribution in [0, 0.1) is 41.5 Å². The summed E-state index contributed by atoms with van der Waals surface area (Å²) in [6, 6.07) is 0. The highest BCUT2D eigenvalue weighted by Gasteiger charge is 2.54. The van der Waals surface area contributed by atoms with E-state index < -0.39 is 55.7 Å². The Kier molecular flexibility index (Phi) is 7.50. The molecule has 0 unspecified atom stereocenters. The second kappa shape index (κ2) is 9.80. The van der Waals surface area contributed by atoms with E-state index in [9.17, 15) is 37.8 Å². The summed E-state index contributed by atoms with van der Waals surface area (Å²) >= 11 is 0. The molecule has 2 aliphatic heterocycles. The molecule has 0 fully saturated rings. The summed E-state index contributed by atoms with van der Waals surface area (Å²) < 4.78 is 29.5. The van der Waals surface area contributed by atoms with E-state index in [-0.39, 0.29) is 54.3 Å². The average Bonchev–Trinajstić information content (AvgIpc) is 3.29. The fraction of sp³-hybridized carbons (Fsp3) is 0.529. The minimum Gasteiger partial charge on any atom is -0.388 e. The number of sulfone groups is 1. The maximum Gasteiger partial charge on any atom is 0.262 e. The van der Waals surface area contributed by atoms with Crippen LogP contribution in [0.15, 0.2) is 9.79 Å². The Balaban J connectivity index is 2.03. The van der Waals surface area contributed by atoms with Gasteiger partial charge in [-0.1, -0.05) is 0 Å². The second-order valence-corrected chi connectivity index (χ2v) is 16.4. The number of rotatable bonds is 6. The van der Waals surface area contributed by atoms with Crippen molar-refractivity contribution in [2.75, 3.05) is 0 Å². The molecule has 0 atom stereocenters. The Labute approximate surface area is 265 Å². The minimum atomic E-state index is -4.46. The first-order chi connectivity index (χ1) is 20.1. The van der Waals surface area contributed by atoms with E-state index in [0.717, 1.165) is 9.80 Å². The number of hydrogen-bond acceptors (Lipinski definition) is 8. The number of aliphatic hydroxyl groups is 2. The lowest BCUT2D eigenvalue weighted by molar-refractivity contribution is -0.0486. The van der Waals surface area contributed by atoms with Gasteiger partial charge in [0.1, 0.15) is 0 Å². The van der Waals surface area contributed by atoms with Gasteiger partial charge in [-0.2, -0.15) is 0 Å². The highest BCUT2D eigenvalue weighted by molar-refractivity contribution is 7.91. The highest BCUT2D eigenvalue weighted by atomic mass is 32.2. The van der Waals surface area contributed by atoms with Crippen LogP contribution in [0.5, 0.6) is 0 Å². The second-order valence-electron chi connectivity index (χ2n) is 14.5. The summed E-state index contributed by atoms with van der Waals surface area (Å²) in [6.07, 6.45) is 0. The van der Waals surface area contributed by atoms with Crippen molar-refractivity contribution in [1.82, 2.24) is 9.80 Å². The zero-order valence-electron chi connectivity index (χ0n) is 28.6. The van der Waals surface area contributed by atoms with Crippen molar-refractivity contribution in [1.29, 1.82) is 0 Å². The van der Waals surface area contributed by atoms with Crippen molar-refractivity contribution >= 4 is 33.5 Å². The van der Waals surface area contributed by atoms with Gasteiger partial charge in [0.25, 0.3) is 23.6 Å². The third-order valence-electron chi connectivity index (χ3n) is 10.8. The van der Waals surface area contributed by atoms with Gasteiger partial charge in [0.05, 0.1) is 54.3 Å². The van der Waals surface area contributed by atoms with Crippen LogP contribution in [0.25, 0.3) is 0 Å². The molecule has 0 bridgehead atoms. The van der Waals surface area contributed by atoms with Crippen LogP contribution in [0.3, 0.4) is 0 Å². The molecule has 0 saturated carbocycles. The Bertz CT molecular complexity index is 1740. The third-order valence-corrected chi connectivity index (χ3v) is 13.1. The molecular formula is C34H44N2O8S. The van der Waals surface area contributed by atoms with Gasteiger partial charge >= 0.3 is 0 Å². The predicted molar refractivity (Wildman–Crippen MR) is 169 cm³/mol. The van der Waals surface area contributed by atoms with Crippen molar-refractivity contribution in [3.8, 4) is 0 Å². The van der Waals surface area contributed by atoms with E-state index >= 15 is 0 Å². The molecule has 0 aromatic heterocycles. The number of fused-ring (bicyclic) bond motifs is 2. The van der Waals surface area contributed by atoms with Gasteiger partial charge in [-0.3, -0.25) is 29.0 Å². The van der Waals surface area contributed by atoms with Crippen LogP contribution in [-0.4, -0.2) is 74.3 Å². The predicted octanol–water partition coefficient (Wildman–Crippen LogP) is 4.66. The number of nitrogens with zero attached hydrogens (tertiary/aromatic N) is 2.